The molecule has 1 aliphatic carbocycles. The van der Waals surface area contributed by atoms with E-state index >= 15 is 0 Å². The SMILES string of the molecule is N#CC(NC(=O)[C@@H]1CCCC[C@H]1NC(=O)OCc1ccccc1)c1cccc(Br)c1. The highest BCUT2D eigenvalue weighted by Gasteiger charge is 2.33. The Morgan fingerprint density at radius 1 is 1.13 bits per heavy atom. The van der Waals surface area contributed by atoms with Gasteiger partial charge in [0.05, 0.1) is 12.0 Å². The number of carbonyl (C=O) groups excluding carboxylic acids is 2. The van der Waals surface area contributed by atoms with Crippen LogP contribution in [0.25, 0.3) is 0 Å². The Bertz CT molecular complexity index is 913. The number of hydrogen-bond donors (Lipinski definition) is 2. The minimum atomic E-state index is -0.748. The summed E-state index contributed by atoms with van der Waals surface area (Å²) in [6.07, 6.45) is 2.66. The van der Waals surface area contributed by atoms with Gasteiger partial charge in [0.1, 0.15) is 12.6 Å². The Labute approximate surface area is 184 Å². The van der Waals surface area contributed by atoms with Crippen LogP contribution in [-0.2, 0) is 16.1 Å². The summed E-state index contributed by atoms with van der Waals surface area (Å²) in [5.74, 6) is -0.624. The van der Waals surface area contributed by atoms with Crippen LogP contribution in [0.15, 0.2) is 59.1 Å². The molecule has 0 aromatic heterocycles. The van der Waals surface area contributed by atoms with E-state index in [2.05, 4.69) is 32.6 Å². The van der Waals surface area contributed by atoms with E-state index in [9.17, 15) is 14.9 Å². The molecule has 1 saturated carbocycles. The van der Waals surface area contributed by atoms with Gasteiger partial charge in [-0.05, 0) is 36.1 Å². The van der Waals surface area contributed by atoms with Crippen molar-refractivity contribution >= 4 is 27.9 Å². The number of hydrogen-bond acceptors (Lipinski definition) is 4. The maximum absolute atomic E-state index is 12.9. The van der Waals surface area contributed by atoms with Gasteiger partial charge in [-0.3, -0.25) is 4.79 Å². The van der Waals surface area contributed by atoms with Crippen LogP contribution in [0.2, 0.25) is 0 Å². The second-order valence-electron chi connectivity index (χ2n) is 7.33. The molecule has 30 heavy (non-hydrogen) atoms. The molecule has 0 bridgehead atoms. The van der Waals surface area contributed by atoms with E-state index < -0.39 is 18.1 Å². The average Bonchev–Trinajstić information content (AvgIpc) is 2.77. The number of ether oxygens (including phenoxy) is 1. The highest BCUT2D eigenvalue weighted by atomic mass is 79.9. The van der Waals surface area contributed by atoms with E-state index in [0.29, 0.717) is 18.4 Å². The third-order valence-corrected chi connectivity index (χ3v) is 5.71. The summed E-state index contributed by atoms with van der Waals surface area (Å²) >= 11 is 3.39. The van der Waals surface area contributed by atoms with Gasteiger partial charge in [0.2, 0.25) is 5.91 Å². The van der Waals surface area contributed by atoms with Gasteiger partial charge in [0.25, 0.3) is 0 Å². The van der Waals surface area contributed by atoms with Gasteiger partial charge in [-0.25, -0.2) is 4.79 Å². The highest BCUT2D eigenvalue weighted by Crippen LogP contribution is 2.26. The molecule has 1 unspecified atom stereocenters. The summed E-state index contributed by atoms with van der Waals surface area (Å²) in [5.41, 5.74) is 1.61. The van der Waals surface area contributed by atoms with E-state index in [1.807, 2.05) is 48.5 Å². The lowest BCUT2D eigenvalue weighted by molar-refractivity contribution is -0.127. The van der Waals surface area contributed by atoms with Crippen LogP contribution in [0, 0.1) is 17.2 Å². The standard InChI is InChI=1S/C23H24BrN3O3/c24-18-10-6-9-17(13-18)21(14-25)26-22(28)19-11-4-5-12-20(19)27-23(29)30-15-16-7-2-1-3-8-16/h1-3,6-10,13,19-21H,4-5,11-12,15H2,(H,26,28)(H,27,29)/t19-,20-,21?/m1/s1. The molecule has 1 fully saturated rings. The van der Waals surface area contributed by atoms with Gasteiger partial charge >= 0.3 is 6.09 Å². The predicted octanol–water partition coefficient (Wildman–Crippen LogP) is 4.62. The molecule has 6 nitrogen and oxygen atoms in total. The highest BCUT2D eigenvalue weighted by molar-refractivity contribution is 9.10. The Morgan fingerprint density at radius 2 is 1.90 bits per heavy atom. The summed E-state index contributed by atoms with van der Waals surface area (Å²) in [7, 11) is 0. The summed E-state index contributed by atoms with van der Waals surface area (Å²) < 4.78 is 6.14. The normalized spacial score (nSPS) is 19.2. The van der Waals surface area contributed by atoms with Crippen molar-refractivity contribution in [3.05, 3.63) is 70.2 Å². The number of nitrogens with one attached hydrogen (secondary N) is 2. The number of rotatable bonds is 6. The van der Waals surface area contributed by atoms with Crippen LogP contribution in [0.1, 0.15) is 42.9 Å². The van der Waals surface area contributed by atoms with Crippen molar-refractivity contribution < 1.29 is 14.3 Å². The van der Waals surface area contributed by atoms with Gasteiger partial charge in [-0.15, -0.1) is 0 Å². The third kappa shape index (κ3) is 6.07. The first-order valence-electron chi connectivity index (χ1n) is 9.99. The molecule has 1 aliphatic rings. The maximum Gasteiger partial charge on any atom is 0.407 e. The number of nitrogens with zero attached hydrogens (tertiary/aromatic N) is 1. The summed E-state index contributed by atoms with van der Waals surface area (Å²) in [6, 6.07) is 17.8. The second kappa shape index (κ2) is 10.8. The van der Waals surface area contributed by atoms with E-state index in [1.165, 1.54) is 0 Å². The smallest absolute Gasteiger partial charge is 0.407 e. The van der Waals surface area contributed by atoms with E-state index in [1.54, 1.807) is 6.07 Å². The second-order valence-corrected chi connectivity index (χ2v) is 8.24. The minimum Gasteiger partial charge on any atom is -0.445 e. The molecule has 2 aromatic carbocycles. The molecule has 156 valence electrons. The molecule has 3 atom stereocenters. The average molecular weight is 470 g/mol. The van der Waals surface area contributed by atoms with Gasteiger partial charge in [0, 0.05) is 10.5 Å². The van der Waals surface area contributed by atoms with Crippen LogP contribution < -0.4 is 10.6 Å². The topological polar surface area (TPSA) is 91.2 Å². The zero-order valence-electron chi connectivity index (χ0n) is 16.5. The quantitative estimate of drug-likeness (QED) is 0.645. The number of benzene rings is 2. The molecule has 3 rings (SSSR count). The Morgan fingerprint density at radius 3 is 2.63 bits per heavy atom. The molecule has 0 heterocycles. The molecule has 0 radical (unpaired) electrons. The lowest BCUT2D eigenvalue weighted by atomic mass is 9.83. The molecule has 2 N–H and O–H groups in total. The maximum atomic E-state index is 12.9. The fourth-order valence-corrected chi connectivity index (χ4v) is 4.08. The number of carbonyl (C=O) groups is 2. The lowest BCUT2D eigenvalue weighted by Gasteiger charge is -2.31. The number of amides is 2. The van der Waals surface area contributed by atoms with Crippen molar-refractivity contribution in [1.82, 2.24) is 10.6 Å². The van der Waals surface area contributed by atoms with Crippen LogP contribution in [-0.4, -0.2) is 18.0 Å². The largest absolute Gasteiger partial charge is 0.445 e. The van der Waals surface area contributed by atoms with E-state index in [0.717, 1.165) is 22.9 Å². The van der Waals surface area contributed by atoms with Gasteiger partial charge in [-0.1, -0.05) is 71.2 Å². The van der Waals surface area contributed by atoms with Crippen molar-refractivity contribution in [1.29, 1.82) is 5.26 Å². The predicted molar refractivity (Wildman–Crippen MR) is 116 cm³/mol. The number of halogens is 1. The molecule has 0 spiro atoms. The first-order valence-corrected chi connectivity index (χ1v) is 10.8. The fraction of sp³-hybridized carbons (Fsp3) is 0.348. The monoisotopic (exact) mass is 469 g/mol. The molecule has 7 heteroatoms. The molecule has 2 aromatic rings. The van der Waals surface area contributed by atoms with E-state index in [-0.39, 0.29) is 18.6 Å². The van der Waals surface area contributed by atoms with Crippen LogP contribution in [0.3, 0.4) is 0 Å². The molecule has 2 amide bonds. The molecular formula is C23H24BrN3O3. The Balaban J connectivity index is 1.59. The van der Waals surface area contributed by atoms with Crippen LogP contribution in [0.5, 0.6) is 0 Å². The van der Waals surface area contributed by atoms with Gasteiger partial charge in [-0.2, -0.15) is 5.26 Å². The zero-order valence-corrected chi connectivity index (χ0v) is 18.1. The Hall–Kier alpha value is -2.85. The summed E-state index contributed by atoms with van der Waals surface area (Å²) in [5, 5.41) is 15.2. The first kappa shape index (κ1) is 21.8. The summed E-state index contributed by atoms with van der Waals surface area (Å²) in [6.45, 7) is 0.176. The third-order valence-electron chi connectivity index (χ3n) is 5.22. The van der Waals surface area contributed by atoms with Crippen molar-refractivity contribution in [2.75, 3.05) is 0 Å². The van der Waals surface area contributed by atoms with Crippen molar-refractivity contribution in [2.45, 2.75) is 44.4 Å². The van der Waals surface area contributed by atoms with Crippen molar-refractivity contribution in [3.8, 4) is 6.07 Å². The fourth-order valence-electron chi connectivity index (χ4n) is 3.66. The number of nitriles is 1. The lowest BCUT2D eigenvalue weighted by Crippen LogP contribution is -2.49. The first-order chi connectivity index (χ1) is 14.6. The minimum absolute atomic E-state index is 0.176. The zero-order chi connectivity index (χ0) is 21.3. The number of alkyl carbamates (subject to hydrolysis) is 1. The van der Waals surface area contributed by atoms with Crippen LogP contribution >= 0.6 is 15.9 Å². The van der Waals surface area contributed by atoms with Crippen LogP contribution in [0.4, 0.5) is 4.79 Å². The molecule has 0 saturated heterocycles. The summed E-state index contributed by atoms with van der Waals surface area (Å²) in [4.78, 5) is 25.2. The van der Waals surface area contributed by atoms with Crippen molar-refractivity contribution in [3.63, 3.8) is 0 Å². The van der Waals surface area contributed by atoms with Crippen molar-refractivity contribution in [2.24, 2.45) is 5.92 Å². The Kier molecular flexibility index (Phi) is 7.86. The van der Waals surface area contributed by atoms with Gasteiger partial charge in [0.15, 0.2) is 0 Å². The van der Waals surface area contributed by atoms with Gasteiger partial charge < -0.3 is 15.4 Å². The molecule has 0 aliphatic heterocycles. The van der Waals surface area contributed by atoms with E-state index in [4.69, 9.17) is 4.74 Å². The molecular weight excluding hydrogens is 446 g/mol.